The van der Waals surface area contributed by atoms with Crippen LogP contribution < -0.4 is 10.6 Å². The van der Waals surface area contributed by atoms with E-state index in [-0.39, 0.29) is 11.0 Å². The average molecular weight is 262 g/mol. The first-order valence-corrected chi connectivity index (χ1v) is 6.22. The van der Waals surface area contributed by atoms with Crippen LogP contribution in [0.3, 0.4) is 0 Å². The van der Waals surface area contributed by atoms with Crippen molar-refractivity contribution in [2.45, 2.75) is 26.8 Å². The number of carboxylic acid groups (broad SMARTS) is 1. The molecule has 0 radical (unpaired) electrons. The maximum absolute atomic E-state index is 11.3. The molecule has 0 aromatic rings. The van der Waals surface area contributed by atoms with Gasteiger partial charge in [-0.05, 0) is 5.92 Å². The molecule has 0 aliphatic heterocycles. The van der Waals surface area contributed by atoms with Crippen LogP contribution in [0.1, 0.15) is 20.8 Å². The third-order valence-corrected chi connectivity index (χ3v) is 2.62. The number of hydrogen-bond acceptors (Lipinski definition) is 4. The third-order valence-electron chi connectivity index (χ3n) is 1.71. The van der Waals surface area contributed by atoms with Crippen molar-refractivity contribution in [2.24, 2.45) is 5.92 Å². The Labute approximate surface area is 105 Å². The smallest absolute Gasteiger partial charge is 0.327 e. The summed E-state index contributed by atoms with van der Waals surface area (Å²) in [6, 6.07) is -1.04. The number of rotatable bonds is 6. The maximum atomic E-state index is 11.3. The first-order valence-electron chi connectivity index (χ1n) is 5.23. The summed E-state index contributed by atoms with van der Waals surface area (Å²) in [7, 11) is 0. The number of carbonyl (C=O) groups is 3. The second-order valence-corrected chi connectivity index (χ2v) is 4.96. The Morgan fingerprint density at radius 2 is 1.88 bits per heavy atom. The molecule has 0 aliphatic rings. The van der Waals surface area contributed by atoms with Gasteiger partial charge in [0.05, 0.1) is 0 Å². The molecule has 2 amide bonds. The molecule has 0 bridgehead atoms. The van der Waals surface area contributed by atoms with Crippen molar-refractivity contribution >= 4 is 28.9 Å². The van der Waals surface area contributed by atoms with Gasteiger partial charge in [0, 0.05) is 19.2 Å². The molecule has 0 fully saturated rings. The SMILES string of the molecule is CC(=O)NC(CSC(=O)NCC(C)C)C(=O)O. The Morgan fingerprint density at radius 3 is 2.29 bits per heavy atom. The van der Waals surface area contributed by atoms with E-state index in [1.54, 1.807) is 0 Å². The highest BCUT2D eigenvalue weighted by Gasteiger charge is 2.19. The van der Waals surface area contributed by atoms with E-state index in [4.69, 9.17) is 5.11 Å². The summed E-state index contributed by atoms with van der Waals surface area (Å²) >= 11 is 0.851. The largest absolute Gasteiger partial charge is 0.480 e. The zero-order valence-corrected chi connectivity index (χ0v) is 11.0. The molecular formula is C10H18N2O4S. The van der Waals surface area contributed by atoms with Crippen LogP contribution in [0.15, 0.2) is 0 Å². The van der Waals surface area contributed by atoms with Gasteiger partial charge in [-0.15, -0.1) is 0 Å². The van der Waals surface area contributed by atoms with Crippen molar-refractivity contribution in [2.75, 3.05) is 12.3 Å². The lowest BCUT2D eigenvalue weighted by molar-refractivity contribution is -0.140. The summed E-state index contributed by atoms with van der Waals surface area (Å²) in [6.07, 6.45) is 0. The van der Waals surface area contributed by atoms with Crippen molar-refractivity contribution in [3.05, 3.63) is 0 Å². The summed E-state index contributed by atoms with van der Waals surface area (Å²) in [5.74, 6) is -1.23. The van der Waals surface area contributed by atoms with Gasteiger partial charge in [-0.3, -0.25) is 9.59 Å². The van der Waals surface area contributed by atoms with E-state index >= 15 is 0 Å². The monoisotopic (exact) mass is 262 g/mol. The van der Waals surface area contributed by atoms with E-state index < -0.39 is 17.9 Å². The molecule has 0 spiro atoms. The highest BCUT2D eigenvalue weighted by atomic mass is 32.2. The molecule has 0 aromatic heterocycles. The zero-order valence-electron chi connectivity index (χ0n) is 10.1. The summed E-state index contributed by atoms with van der Waals surface area (Å²) in [6.45, 7) is 5.70. The molecule has 1 atom stereocenters. The molecule has 0 saturated carbocycles. The molecule has 0 saturated heterocycles. The second-order valence-electron chi connectivity index (χ2n) is 3.96. The minimum absolute atomic E-state index is 0.0127. The van der Waals surface area contributed by atoms with Crippen LogP contribution in [0.5, 0.6) is 0 Å². The Balaban J connectivity index is 4.00. The lowest BCUT2D eigenvalue weighted by Gasteiger charge is -2.12. The van der Waals surface area contributed by atoms with Gasteiger partial charge in [0.2, 0.25) is 5.91 Å². The Bertz CT molecular complexity index is 294. The van der Waals surface area contributed by atoms with Gasteiger partial charge in [-0.2, -0.15) is 0 Å². The fourth-order valence-corrected chi connectivity index (χ4v) is 1.65. The topological polar surface area (TPSA) is 95.5 Å². The molecule has 0 rings (SSSR count). The van der Waals surface area contributed by atoms with E-state index in [9.17, 15) is 14.4 Å². The highest BCUT2D eigenvalue weighted by Crippen LogP contribution is 2.05. The lowest BCUT2D eigenvalue weighted by Crippen LogP contribution is -2.42. The maximum Gasteiger partial charge on any atom is 0.327 e. The Morgan fingerprint density at radius 1 is 1.29 bits per heavy atom. The number of aliphatic carboxylic acids is 1. The van der Waals surface area contributed by atoms with E-state index in [1.165, 1.54) is 6.92 Å². The fourth-order valence-electron chi connectivity index (χ4n) is 0.918. The molecular weight excluding hydrogens is 244 g/mol. The predicted octanol–water partition coefficient (Wildman–Crippen LogP) is 0.674. The second kappa shape index (κ2) is 7.94. The van der Waals surface area contributed by atoms with Crippen molar-refractivity contribution < 1.29 is 19.5 Å². The number of hydrogen-bond donors (Lipinski definition) is 3. The molecule has 17 heavy (non-hydrogen) atoms. The molecule has 7 heteroatoms. The van der Waals surface area contributed by atoms with Crippen LogP contribution in [-0.2, 0) is 9.59 Å². The standard InChI is InChI=1S/C10H18N2O4S/c1-6(2)4-11-10(16)17-5-8(9(14)15)12-7(3)13/h6,8H,4-5H2,1-3H3,(H,11,16)(H,12,13)(H,14,15). The molecule has 0 heterocycles. The summed E-state index contributed by atoms with van der Waals surface area (Å²) in [5.41, 5.74) is 0. The number of amides is 2. The predicted molar refractivity (Wildman–Crippen MR) is 65.9 cm³/mol. The van der Waals surface area contributed by atoms with E-state index in [0.717, 1.165) is 11.8 Å². The van der Waals surface area contributed by atoms with Crippen LogP contribution >= 0.6 is 11.8 Å². The quantitative estimate of drug-likeness (QED) is 0.654. The van der Waals surface area contributed by atoms with Crippen LogP contribution in [0.25, 0.3) is 0 Å². The number of carbonyl (C=O) groups excluding carboxylic acids is 2. The minimum Gasteiger partial charge on any atom is -0.480 e. The van der Waals surface area contributed by atoms with Gasteiger partial charge in [-0.25, -0.2) is 4.79 Å². The number of nitrogens with one attached hydrogen (secondary N) is 2. The first kappa shape index (κ1) is 15.8. The van der Waals surface area contributed by atoms with E-state index in [1.807, 2.05) is 13.8 Å². The lowest BCUT2D eigenvalue weighted by atomic mass is 10.2. The van der Waals surface area contributed by atoms with Crippen molar-refractivity contribution in [3.63, 3.8) is 0 Å². The highest BCUT2D eigenvalue weighted by molar-refractivity contribution is 8.13. The van der Waals surface area contributed by atoms with Crippen LogP contribution in [-0.4, -0.2) is 40.6 Å². The zero-order chi connectivity index (χ0) is 13.4. The van der Waals surface area contributed by atoms with Gasteiger partial charge >= 0.3 is 5.97 Å². The van der Waals surface area contributed by atoms with Gasteiger partial charge in [0.25, 0.3) is 5.24 Å². The molecule has 0 aromatic carbocycles. The molecule has 98 valence electrons. The third kappa shape index (κ3) is 8.56. The Hall–Kier alpha value is -1.24. The summed E-state index contributed by atoms with van der Waals surface area (Å²) in [5, 5.41) is 13.4. The van der Waals surface area contributed by atoms with Gasteiger partial charge in [-0.1, -0.05) is 25.6 Å². The normalized spacial score (nSPS) is 12.0. The number of thioether (sulfide) groups is 1. The molecule has 0 aliphatic carbocycles. The van der Waals surface area contributed by atoms with Crippen molar-refractivity contribution in [1.29, 1.82) is 0 Å². The van der Waals surface area contributed by atoms with Crippen LogP contribution in [0, 0.1) is 5.92 Å². The van der Waals surface area contributed by atoms with Crippen LogP contribution in [0.2, 0.25) is 0 Å². The van der Waals surface area contributed by atoms with Gasteiger partial charge in [0.1, 0.15) is 6.04 Å². The van der Waals surface area contributed by atoms with Gasteiger partial charge < -0.3 is 15.7 Å². The van der Waals surface area contributed by atoms with Gasteiger partial charge in [0.15, 0.2) is 0 Å². The molecule has 3 N–H and O–H groups in total. The average Bonchev–Trinajstić information content (AvgIpc) is 2.20. The minimum atomic E-state index is -1.15. The molecule has 1 unspecified atom stereocenters. The van der Waals surface area contributed by atoms with Crippen molar-refractivity contribution in [1.82, 2.24) is 10.6 Å². The summed E-state index contributed by atoms with van der Waals surface area (Å²) < 4.78 is 0. The summed E-state index contributed by atoms with van der Waals surface area (Å²) in [4.78, 5) is 32.8. The first-order chi connectivity index (χ1) is 7.82. The van der Waals surface area contributed by atoms with Crippen molar-refractivity contribution in [3.8, 4) is 0 Å². The fraction of sp³-hybridized carbons (Fsp3) is 0.700. The van der Waals surface area contributed by atoms with Crippen LogP contribution in [0.4, 0.5) is 4.79 Å². The Kier molecular flexibility index (Phi) is 7.36. The number of carboxylic acids is 1. The molecule has 6 nitrogen and oxygen atoms in total. The van der Waals surface area contributed by atoms with E-state index in [0.29, 0.717) is 12.5 Å². The van der Waals surface area contributed by atoms with E-state index in [2.05, 4.69) is 10.6 Å².